The van der Waals surface area contributed by atoms with Crippen molar-refractivity contribution < 1.29 is 4.79 Å². The standard InChI is InChI=1S/C25H29N7O2/c1-18-14-19(15-26)4-6-21(18)22-17-28-32(25(22)34)23-7-5-20(16-27-23)24(33)31-12-10-30(11-13-31)9-8-29(2)3/h4-7,14,16-17,28H,8-13H2,1-3H3. The van der Waals surface area contributed by atoms with Crippen LogP contribution in [0.2, 0.25) is 0 Å². The second-order valence-corrected chi connectivity index (χ2v) is 8.81. The Morgan fingerprint density at radius 1 is 1.15 bits per heavy atom. The van der Waals surface area contributed by atoms with E-state index in [1.165, 1.54) is 10.9 Å². The van der Waals surface area contributed by atoms with Crippen molar-refractivity contribution in [2.75, 3.05) is 53.4 Å². The monoisotopic (exact) mass is 459 g/mol. The molecule has 1 fully saturated rings. The Labute approximate surface area is 198 Å². The summed E-state index contributed by atoms with van der Waals surface area (Å²) in [5.74, 6) is 0.367. The van der Waals surface area contributed by atoms with Crippen LogP contribution in [0.4, 0.5) is 0 Å². The van der Waals surface area contributed by atoms with Gasteiger partial charge in [0.25, 0.3) is 11.5 Å². The quantitative estimate of drug-likeness (QED) is 0.603. The molecule has 0 unspecified atom stereocenters. The van der Waals surface area contributed by atoms with Crippen LogP contribution in [0.3, 0.4) is 0 Å². The molecule has 1 N–H and O–H groups in total. The van der Waals surface area contributed by atoms with Gasteiger partial charge in [0, 0.05) is 51.7 Å². The highest BCUT2D eigenvalue weighted by molar-refractivity contribution is 5.94. The molecule has 0 saturated carbocycles. The number of carbonyl (C=O) groups excluding carboxylic acids is 1. The second-order valence-electron chi connectivity index (χ2n) is 8.81. The van der Waals surface area contributed by atoms with E-state index in [1.54, 1.807) is 36.5 Å². The average molecular weight is 460 g/mol. The highest BCUT2D eigenvalue weighted by Gasteiger charge is 2.22. The Morgan fingerprint density at radius 3 is 2.53 bits per heavy atom. The predicted octanol–water partition coefficient (Wildman–Crippen LogP) is 1.73. The molecule has 9 nitrogen and oxygen atoms in total. The number of aryl methyl sites for hydroxylation is 1. The van der Waals surface area contributed by atoms with Crippen LogP contribution in [0, 0.1) is 18.3 Å². The molecule has 9 heteroatoms. The second kappa shape index (κ2) is 10.0. The molecule has 0 aliphatic carbocycles. The molecule has 2 aromatic heterocycles. The molecule has 0 atom stereocenters. The summed E-state index contributed by atoms with van der Waals surface area (Å²) < 4.78 is 1.35. The van der Waals surface area contributed by atoms with E-state index in [0.717, 1.165) is 37.3 Å². The predicted molar refractivity (Wildman–Crippen MR) is 130 cm³/mol. The topological polar surface area (TPSA) is 101 Å². The summed E-state index contributed by atoms with van der Waals surface area (Å²) >= 11 is 0. The number of benzene rings is 1. The van der Waals surface area contributed by atoms with Crippen LogP contribution in [0.25, 0.3) is 16.9 Å². The number of nitriles is 1. The molecule has 0 spiro atoms. The molecular formula is C25H29N7O2. The van der Waals surface area contributed by atoms with Crippen LogP contribution >= 0.6 is 0 Å². The van der Waals surface area contributed by atoms with E-state index in [4.69, 9.17) is 5.26 Å². The largest absolute Gasteiger partial charge is 0.336 e. The van der Waals surface area contributed by atoms with Crippen LogP contribution in [-0.2, 0) is 0 Å². The zero-order valence-corrected chi connectivity index (χ0v) is 19.8. The van der Waals surface area contributed by atoms with Gasteiger partial charge in [0.05, 0.1) is 22.8 Å². The van der Waals surface area contributed by atoms with Gasteiger partial charge in [-0.15, -0.1) is 0 Å². The molecule has 4 rings (SSSR count). The highest BCUT2D eigenvalue weighted by atomic mass is 16.2. The lowest BCUT2D eigenvalue weighted by Gasteiger charge is -2.35. The fraction of sp³-hybridized carbons (Fsp3) is 0.360. The van der Waals surface area contributed by atoms with Crippen molar-refractivity contribution >= 4 is 5.91 Å². The van der Waals surface area contributed by atoms with Gasteiger partial charge >= 0.3 is 0 Å². The van der Waals surface area contributed by atoms with Gasteiger partial charge in [-0.05, 0) is 56.4 Å². The molecule has 176 valence electrons. The fourth-order valence-electron chi connectivity index (χ4n) is 4.11. The highest BCUT2D eigenvalue weighted by Crippen LogP contribution is 2.21. The normalized spacial score (nSPS) is 14.4. The van der Waals surface area contributed by atoms with Crippen molar-refractivity contribution in [2.24, 2.45) is 0 Å². The van der Waals surface area contributed by atoms with E-state index in [0.29, 0.717) is 35.6 Å². The number of nitrogens with zero attached hydrogens (tertiary/aromatic N) is 6. The number of H-pyrrole nitrogens is 1. The number of piperazine rings is 1. The number of pyridine rings is 1. The molecule has 34 heavy (non-hydrogen) atoms. The first-order valence-corrected chi connectivity index (χ1v) is 11.3. The summed E-state index contributed by atoms with van der Waals surface area (Å²) in [5, 5.41) is 12.0. The van der Waals surface area contributed by atoms with Crippen LogP contribution in [0.1, 0.15) is 21.5 Å². The molecule has 3 heterocycles. The molecule has 3 aromatic rings. The smallest absolute Gasteiger partial charge is 0.280 e. The van der Waals surface area contributed by atoms with Crippen molar-refractivity contribution in [1.29, 1.82) is 5.26 Å². The summed E-state index contributed by atoms with van der Waals surface area (Å²) in [5.41, 5.74) is 2.92. The summed E-state index contributed by atoms with van der Waals surface area (Å²) in [7, 11) is 4.12. The molecule has 1 amide bonds. The number of likely N-dealkylation sites (N-methyl/N-ethyl adjacent to an activating group) is 1. The Bertz CT molecular complexity index is 1260. The number of hydrogen-bond donors (Lipinski definition) is 1. The van der Waals surface area contributed by atoms with Crippen molar-refractivity contribution in [3.63, 3.8) is 0 Å². The average Bonchev–Trinajstić information content (AvgIpc) is 3.23. The number of aromatic amines is 1. The lowest BCUT2D eigenvalue weighted by molar-refractivity contribution is 0.0629. The minimum atomic E-state index is -0.242. The number of carbonyl (C=O) groups is 1. The van der Waals surface area contributed by atoms with Crippen molar-refractivity contribution in [3.05, 3.63) is 69.8 Å². The lowest BCUT2D eigenvalue weighted by Crippen LogP contribution is -2.50. The van der Waals surface area contributed by atoms with Gasteiger partial charge in [-0.3, -0.25) is 19.6 Å². The fourth-order valence-corrected chi connectivity index (χ4v) is 4.11. The van der Waals surface area contributed by atoms with Gasteiger partial charge in [0.1, 0.15) is 0 Å². The van der Waals surface area contributed by atoms with E-state index in [-0.39, 0.29) is 11.5 Å². The Morgan fingerprint density at radius 2 is 1.91 bits per heavy atom. The summed E-state index contributed by atoms with van der Waals surface area (Å²) in [4.78, 5) is 36.7. The van der Waals surface area contributed by atoms with Crippen LogP contribution in [0.15, 0.2) is 47.5 Å². The van der Waals surface area contributed by atoms with Crippen molar-refractivity contribution in [1.82, 2.24) is 29.5 Å². The van der Waals surface area contributed by atoms with Crippen LogP contribution in [0.5, 0.6) is 0 Å². The summed E-state index contributed by atoms with van der Waals surface area (Å²) in [6.45, 7) is 6.98. The molecule has 0 bridgehead atoms. The summed E-state index contributed by atoms with van der Waals surface area (Å²) in [6, 6.07) is 10.7. The van der Waals surface area contributed by atoms with Gasteiger partial charge in [0.2, 0.25) is 0 Å². The Kier molecular flexibility index (Phi) is 6.91. The minimum Gasteiger partial charge on any atom is -0.336 e. The molecule has 0 radical (unpaired) electrons. The first kappa shape index (κ1) is 23.4. The van der Waals surface area contributed by atoms with Crippen LogP contribution < -0.4 is 5.56 Å². The first-order chi connectivity index (χ1) is 16.4. The third-order valence-electron chi connectivity index (χ3n) is 6.16. The third-order valence-corrected chi connectivity index (χ3v) is 6.16. The van der Waals surface area contributed by atoms with Crippen LogP contribution in [-0.4, -0.2) is 88.7 Å². The van der Waals surface area contributed by atoms with Gasteiger partial charge in [-0.2, -0.15) is 5.26 Å². The first-order valence-electron chi connectivity index (χ1n) is 11.3. The van der Waals surface area contributed by atoms with Crippen molar-refractivity contribution in [2.45, 2.75) is 6.92 Å². The minimum absolute atomic E-state index is 0.0426. The molecule has 1 saturated heterocycles. The molecule has 1 aliphatic rings. The van der Waals surface area contributed by atoms with E-state index in [1.807, 2.05) is 11.8 Å². The molecule has 1 aliphatic heterocycles. The zero-order chi connectivity index (χ0) is 24.2. The summed E-state index contributed by atoms with van der Waals surface area (Å²) in [6.07, 6.45) is 3.16. The Balaban J connectivity index is 1.45. The maximum Gasteiger partial charge on any atom is 0.280 e. The van der Waals surface area contributed by atoms with E-state index >= 15 is 0 Å². The number of rotatable bonds is 6. The van der Waals surface area contributed by atoms with Crippen molar-refractivity contribution in [3.8, 4) is 23.0 Å². The SMILES string of the molecule is Cc1cc(C#N)ccc1-c1c[nH]n(-c2ccc(C(=O)N3CCN(CCN(C)C)CC3)cn2)c1=O. The third kappa shape index (κ3) is 4.93. The van der Waals surface area contributed by atoms with Gasteiger partial charge < -0.3 is 9.80 Å². The maximum absolute atomic E-state index is 13.0. The number of aromatic nitrogens is 3. The van der Waals surface area contributed by atoms with Gasteiger partial charge in [-0.25, -0.2) is 9.67 Å². The maximum atomic E-state index is 13.0. The number of nitrogens with one attached hydrogen (secondary N) is 1. The number of hydrogen-bond acceptors (Lipinski definition) is 6. The Hall–Kier alpha value is -3.74. The van der Waals surface area contributed by atoms with E-state index < -0.39 is 0 Å². The number of amides is 1. The molecule has 1 aromatic carbocycles. The van der Waals surface area contributed by atoms with Gasteiger partial charge in [0.15, 0.2) is 5.82 Å². The lowest BCUT2D eigenvalue weighted by atomic mass is 10.0. The van der Waals surface area contributed by atoms with E-state index in [9.17, 15) is 9.59 Å². The van der Waals surface area contributed by atoms with Gasteiger partial charge in [-0.1, -0.05) is 6.07 Å². The van der Waals surface area contributed by atoms with E-state index in [2.05, 4.69) is 40.0 Å². The zero-order valence-electron chi connectivity index (χ0n) is 19.8. The molecular weight excluding hydrogens is 430 g/mol.